The first-order valence-electron chi connectivity index (χ1n) is 21.6. The molecule has 298 valence electrons. The van der Waals surface area contributed by atoms with Gasteiger partial charge in [-0.15, -0.1) is 11.3 Å². The van der Waals surface area contributed by atoms with Crippen LogP contribution in [0.4, 0.5) is 0 Å². The average Bonchev–Trinajstić information content (AvgIpc) is 3.93. The minimum Gasteiger partial charge on any atom is -0.309 e. The molecule has 0 fully saturated rings. The number of thiophene rings is 1. The monoisotopic (exact) mass is 832 g/mol. The van der Waals surface area contributed by atoms with Crippen molar-refractivity contribution in [3.63, 3.8) is 0 Å². The second kappa shape index (κ2) is 14.7. The van der Waals surface area contributed by atoms with Crippen LogP contribution in [0.25, 0.3) is 126 Å². The van der Waals surface area contributed by atoms with Gasteiger partial charge in [0.15, 0.2) is 5.82 Å². The second-order valence-electron chi connectivity index (χ2n) is 16.3. The van der Waals surface area contributed by atoms with Crippen LogP contribution >= 0.6 is 11.3 Å². The fourth-order valence-electron chi connectivity index (χ4n) is 9.64. The molecule has 0 amide bonds. The molecule has 0 bridgehead atoms. The maximum absolute atomic E-state index is 5.29. The van der Waals surface area contributed by atoms with Crippen LogP contribution in [-0.4, -0.2) is 19.5 Å². The zero-order valence-corrected chi connectivity index (χ0v) is 35.3. The lowest BCUT2D eigenvalue weighted by atomic mass is 9.95. The molecule has 64 heavy (non-hydrogen) atoms. The molecule has 13 aromatic rings. The molecule has 0 unspecified atom stereocenters. The SMILES string of the molecule is c1ccc(-c2cc(-c3ccc(-c4cccc5c4sc4ccc6c(-c7ccccc7)nc7ccccc7c6c45)cc3)nc(-c3ccc4c(c3)c3ccccc3n4-c3ccccc3)n2)cc1. The summed E-state index contributed by atoms with van der Waals surface area (Å²) >= 11 is 1.87. The molecule has 4 aromatic heterocycles. The van der Waals surface area contributed by atoms with Gasteiger partial charge in [0.1, 0.15) is 0 Å². The molecule has 0 saturated carbocycles. The van der Waals surface area contributed by atoms with Crippen LogP contribution in [-0.2, 0) is 0 Å². The summed E-state index contributed by atoms with van der Waals surface area (Å²) in [6.07, 6.45) is 0. The van der Waals surface area contributed by atoms with Gasteiger partial charge in [-0.1, -0.05) is 164 Å². The van der Waals surface area contributed by atoms with E-state index in [0.29, 0.717) is 5.82 Å². The normalized spacial score (nSPS) is 11.8. The van der Waals surface area contributed by atoms with Crippen molar-refractivity contribution in [2.45, 2.75) is 0 Å². The summed E-state index contributed by atoms with van der Waals surface area (Å²) in [5.41, 5.74) is 13.8. The van der Waals surface area contributed by atoms with Crippen molar-refractivity contribution in [3.05, 3.63) is 218 Å². The molecule has 5 heteroatoms. The van der Waals surface area contributed by atoms with E-state index in [1.165, 1.54) is 63.7 Å². The Morgan fingerprint density at radius 1 is 0.359 bits per heavy atom. The molecule has 4 heterocycles. The molecular weight excluding hydrogens is 797 g/mol. The zero-order chi connectivity index (χ0) is 42.1. The Bertz CT molecular complexity index is 3930. The minimum atomic E-state index is 0.694. The fourth-order valence-corrected chi connectivity index (χ4v) is 10.9. The maximum Gasteiger partial charge on any atom is 0.160 e. The summed E-state index contributed by atoms with van der Waals surface area (Å²) < 4.78 is 4.89. The van der Waals surface area contributed by atoms with E-state index >= 15 is 0 Å². The largest absolute Gasteiger partial charge is 0.309 e. The van der Waals surface area contributed by atoms with Crippen molar-refractivity contribution < 1.29 is 0 Å². The van der Waals surface area contributed by atoms with Gasteiger partial charge in [-0.05, 0) is 65.7 Å². The smallest absolute Gasteiger partial charge is 0.160 e. The van der Waals surface area contributed by atoms with Gasteiger partial charge in [-0.25, -0.2) is 15.0 Å². The lowest BCUT2D eigenvalue weighted by Gasteiger charge is -2.12. The van der Waals surface area contributed by atoms with Crippen LogP contribution in [0.2, 0.25) is 0 Å². The molecule has 0 aliphatic heterocycles. The van der Waals surface area contributed by atoms with E-state index in [9.17, 15) is 0 Å². The fraction of sp³-hybridized carbons (Fsp3) is 0. The van der Waals surface area contributed by atoms with E-state index in [2.05, 4.69) is 217 Å². The number of pyridine rings is 1. The van der Waals surface area contributed by atoms with Crippen LogP contribution in [0.3, 0.4) is 0 Å². The summed E-state index contributed by atoms with van der Waals surface area (Å²) in [6, 6.07) is 77.7. The van der Waals surface area contributed by atoms with E-state index in [0.717, 1.165) is 56.1 Å². The van der Waals surface area contributed by atoms with Gasteiger partial charge in [0, 0.05) is 75.0 Å². The number of nitrogens with zero attached hydrogens (tertiary/aromatic N) is 4. The van der Waals surface area contributed by atoms with Crippen LogP contribution in [0.5, 0.6) is 0 Å². The third kappa shape index (κ3) is 5.86. The van der Waals surface area contributed by atoms with Gasteiger partial charge in [-0.3, -0.25) is 0 Å². The highest BCUT2D eigenvalue weighted by Gasteiger charge is 2.19. The maximum atomic E-state index is 5.29. The van der Waals surface area contributed by atoms with Crippen molar-refractivity contribution >= 4 is 75.0 Å². The average molecular weight is 833 g/mol. The van der Waals surface area contributed by atoms with Crippen molar-refractivity contribution in [3.8, 4) is 62.0 Å². The number of fused-ring (bicyclic) bond motifs is 10. The predicted molar refractivity (Wildman–Crippen MR) is 269 cm³/mol. The van der Waals surface area contributed by atoms with Crippen LogP contribution in [0, 0.1) is 0 Å². The zero-order valence-electron chi connectivity index (χ0n) is 34.5. The molecule has 0 N–H and O–H groups in total. The minimum absolute atomic E-state index is 0.694. The van der Waals surface area contributed by atoms with Gasteiger partial charge in [0.2, 0.25) is 0 Å². The molecule has 0 radical (unpaired) electrons. The first-order chi connectivity index (χ1) is 31.7. The van der Waals surface area contributed by atoms with Crippen LogP contribution < -0.4 is 0 Å². The Morgan fingerprint density at radius 2 is 0.969 bits per heavy atom. The quantitative estimate of drug-likeness (QED) is 0.157. The summed E-state index contributed by atoms with van der Waals surface area (Å²) in [7, 11) is 0. The summed E-state index contributed by atoms with van der Waals surface area (Å²) in [5, 5.41) is 8.52. The molecular formula is C59H36N4S. The molecule has 4 nitrogen and oxygen atoms in total. The summed E-state index contributed by atoms with van der Waals surface area (Å²) in [6.45, 7) is 0. The van der Waals surface area contributed by atoms with Crippen molar-refractivity contribution in [2.24, 2.45) is 0 Å². The van der Waals surface area contributed by atoms with E-state index in [1.807, 2.05) is 17.4 Å². The first-order valence-corrected chi connectivity index (χ1v) is 22.4. The number of aromatic nitrogens is 4. The van der Waals surface area contributed by atoms with Gasteiger partial charge in [0.05, 0.1) is 33.6 Å². The Hall–Kier alpha value is -8.25. The Kier molecular flexibility index (Phi) is 8.36. The Labute approximate surface area is 373 Å². The van der Waals surface area contributed by atoms with Crippen molar-refractivity contribution in [1.82, 2.24) is 19.5 Å². The number of rotatable bonds is 6. The first kappa shape index (κ1) is 36.4. The lowest BCUT2D eigenvalue weighted by molar-refractivity contribution is 1.17. The third-order valence-electron chi connectivity index (χ3n) is 12.6. The van der Waals surface area contributed by atoms with Crippen molar-refractivity contribution in [2.75, 3.05) is 0 Å². The van der Waals surface area contributed by atoms with E-state index in [4.69, 9.17) is 15.0 Å². The highest BCUT2D eigenvalue weighted by molar-refractivity contribution is 7.26. The van der Waals surface area contributed by atoms with E-state index < -0.39 is 0 Å². The highest BCUT2D eigenvalue weighted by Crippen LogP contribution is 2.46. The summed E-state index contributed by atoms with van der Waals surface area (Å²) in [5.74, 6) is 0.694. The molecule has 0 atom stereocenters. The number of benzene rings is 9. The van der Waals surface area contributed by atoms with Crippen LogP contribution in [0.15, 0.2) is 218 Å². The topological polar surface area (TPSA) is 43.6 Å². The van der Waals surface area contributed by atoms with Crippen molar-refractivity contribution in [1.29, 1.82) is 0 Å². The van der Waals surface area contributed by atoms with Gasteiger partial charge < -0.3 is 4.57 Å². The lowest BCUT2D eigenvalue weighted by Crippen LogP contribution is -1.96. The molecule has 0 aliphatic carbocycles. The Morgan fingerprint density at radius 3 is 1.75 bits per heavy atom. The number of hydrogen-bond acceptors (Lipinski definition) is 4. The van der Waals surface area contributed by atoms with E-state index in [-0.39, 0.29) is 0 Å². The molecule has 0 spiro atoms. The van der Waals surface area contributed by atoms with Gasteiger partial charge in [-0.2, -0.15) is 0 Å². The number of hydrogen-bond donors (Lipinski definition) is 0. The van der Waals surface area contributed by atoms with Crippen LogP contribution in [0.1, 0.15) is 0 Å². The second-order valence-corrected chi connectivity index (χ2v) is 17.4. The van der Waals surface area contributed by atoms with E-state index in [1.54, 1.807) is 0 Å². The molecule has 0 aliphatic rings. The molecule has 0 saturated heterocycles. The van der Waals surface area contributed by atoms with Gasteiger partial charge >= 0.3 is 0 Å². The Balaban J connectivity index is 0.939. The molecule has 13 rings (SSSR count). The van der Waals surface area contributed by atoms with Gasteiger partial charge in [0.25, 0.3) is 0 Å². The summed E-state index contributed by atoms with van der Waals surface area (Å²) in [4.78, 5) is 15.7. The third-order valence-corrected chi connectivity index (χ3v) is 13.8. The standard InChI is InChI=1S/C59H36N4S/c1-4-15-38(16-5-1)50-36-51(62-59(61-50)41-31-33-53-48(35-41)44-21-11-13-26-52(44)63(53)42-19-8-3-9-20-42)39-29-27-37(28-30-39)43-23-14-24-47-56-54(64-58(43)47)34-32-46-55(56)45-22-10-12-25-49(45)60-57(46)40-17-6-2-7-18-40/h1-36H. The number of para-hydroxylation sites is 3. The predicted octanol–water partition coefficient (Wildman–Crippen LogP) is 16.0. The highest BCUT2D eigenvalue weighted by atomic mass is 32.1. The molecule has 9 aromatic carbocycles.